The molecule has 0 aliphatic heterocycles. The Kier molecular flexibility index (Phi) is 8.55. The van der Waals surface area contributed by atoms with Gasteiger partial charge in [-0.3, -0.25) is 0 Å². The van der Waals surface area contributed by atoms with Gasteiger partial charge in [0.1, 0.15) is 5.75 Å². The molecule has 1 atom stereocenters. The lowest BCUT2D eigenvalue weighted by molar-refractivity contribution is -0.0864. The van der Waals surface area contributed by atoms with E-state index in [4.69, 9.17) is 23.7 Å². The van der Waals surface area contributed by atoms with E-state index in [1.165, 1.54) is 5.39 Å². The zero-order valence-corrected chi connectivity index (χ0v) is 14.4. The molecule has 5 heteroatoms. The van der Waals surface area contributed by atoms with E-state index in [0.29, 0.717) is 39.6 Å². The largest absolute Gasteiger partial charge is 0.465 e. The Labute approximate surface area is 143 Å². The molecule has 2 aromatic carbocycles. The molecule has 0 radical (unpaired) electrons. The van der Waals surface area contributed by atoms with Gasteiger partial charge in [0.25, 0.3) is 0 Å². The van der Waals surface area contributed by atoms with Gasteiger partial charge in [-0.2, -0.15) is 0 Å². The highest BCUT2D eigenvalue weighted by molar-refractivity contribution is 5.83. The Bertz CT molecular complexity index is 587. The standard InChI is InChI=1S/C19H26O5/c1-16(23-14-13-22-12-11-21-10-9-20-2)24-19-8-7-17-5-3-4-6-18(17)15-19/h3-8,15-16H,9-14H2,1-2H3. The Balaban J connectivity index is 1.58. The van der Waals surface area contributed by atoms with Crippen molar-refractivity contribution in [2.45, 2.75) is 13.2 Å². The van der Waals surface area contributed by atoms with Crippen LogP contribution in [0.4, 0.5) is 0 Å². The highest BCUT2D eigenvalue weighted by atomic mass is 16.7. The SMILES string of the molecule is COCCOCCOCCOC(C)Oc1ccc2ccccc2c1. The van der Waals surface area contributed by atoms with Crippen LogP contribution < -0.4 is 4.74 Å². The van der Waals surface area contributed by atoms with Gasteiger partial charge in [-0.15, -0.1) is 0 Å². The number of hydrogen-bond acceptors (Lipinski definition) is 5. The number of fused-ring (bicyclic) bond motifs is 1. The monoisotopic (exact) mass is 334 g/mol. The minimum Gasteiger partial charge on any atom is -0.465 e. The minimum atomic E-state index is -0.326. The third-order valence-electron chi connectivity index (χ3n) is 3.41. The summed E-state index contributed by atoms with van der Waals surface area (Å²) in [6, 6.07) is 14.2. The molecular weight excluding hydrogens is 308 g/mol. The van der Waals surface area contributed by atoms with Crippen LogP contribution >= 0.6 is 0 Å². The van der Waals surface area contributed by atoms with E-state index in [9.17, 15) is 0 Å². The topological polar surface area (TPSA) is 46.2 Å². The predicted octanol–water partition coefficient (Wildman–Crippen LogP) is 3.26. The second-order valence-electron chi connectivity index (χ2n) is 5.28. The van der Waals surface area contributed by atoms with Gasteiger partial charge >= 0.3 is 0 Å². The van der Waals surface area contributed by atoms with Crippen LogP contribution in [0.1, 0.15) is 6.92 Å². The maximum atomic E-state index is 5.78. The maximum absolute atomic E-state index is 5.78. The Morgan fingerprint density at radius 3 is 2.21 bits per heavy atom. The van der Waals surface area contributed by atoms with Crippen LogP contribution in [0.5, 0.6) is 5.75 Å². The summed E-state index contributed by atoms with van der Waals surface area (Å²) < 4.78 is 27.0. The quantitative estimate of drug-likeness (QED) is 0.440. The molecule has 0 saturated carbocycles. The van der Waals surface area contributed by atoms with Crippen LogP contribution in [0.3, 0.4) is 0 Å². The van der Waals surface area contributed by atoms with E-state index in [1.807, 2.05) is 37.3 Å². The van der Waals surface area contributed by atoms with Gasteiger partial charge in [0.05, 0.1) is 39.6 Å². The summed E-state index contributed by atoms with van der Waals surface area (Å²) in [6.07, 6.45) is -0.326. The molecule has 1 unspecified atom stereocenters. The molecule has 0 amide bonds. The van der Waals surface area contributed by atoms with Gasteiger partial charge in [-0.05, 0) is 29.8 Å². The highest BCUT2D eigenvalue weighted by Gasteiger charge is 2.04. The van der Waals surface area contributed by atoms with Crippen molar-refractivity contribution in [1.82, 2.24) is 0 Å². The molecule has 24 heavy (non-hydrogen) atoms. The van der Waals surface area contributed by atoms with E-state index >= 15 is 0 Å². The highest BCUT2D eigenvalue weighted by Crippen LogP contribution is 2.21. The van der Waals surface area contributed by atoms with Crippen LogP contribution in [0.25, 0.3) is 10.8 Å². The second-order valence-corrected chi connectivity index (χ2v) is 5.28. The van der Waals surface area contributed by atoms with Crippen molar-refractivity contribution < 1.29 is 23.7 Å². The molecule has 0 bridgehead atoms. The molecule has 2 aromatic rings. The van der Waals surface area contributed by atoms with E-state index in [2.05, 4.69) is 12.1 Å². The fraction of sp³-hybridized carbons (Fsp3) is 0.474. The molecule has 0 aliphatic rings. The molecule has 0 N–H and O–H groups in total. The first-order chi connectivity index (χ1) is 11.8. The number of hydrogen-bond donors (Lipinski definition) is 0. The smallest absolute Gasteiger partial charge is 0.197 e. The third kappa shape index (κ3) is 6.84. The molecule has 5 nitrogen and oxygen atoms in total. The molecule has 0 spiro atoms. The van der Waals surface area contributed by atoms with Gasteiger partial charge in [0.2, 0.25) is 0 Å². The lowest BCUT2D eigenvalue weighted by Gasteiger charge is -2.16. The zero-order chi connectivity index (χ0) is 17.0. The van der Waals surface area contributed by atoms with Gasteiger partial charge in [0.15, 0.2) is 6.29 Å². The average molecular weight is 334 g/mol. The van der Waals surface area contributed by atoms with Crippen molar-refractivity contribution in [3.63, 3.8) is 0 Å². The summed E-state index contributed by atoms with van der Waals surface area (Å²) in [5.74, 6) is 0.800. The third-order valence-corrected chi connectivity index (χ3v) is 3.41. The van der Waals surface area contributed by atoms with Crippen molar-refractivity contribution >= 4 is 10.8 Å². The van der Waals surface area contributed by atoms with Crippen LogP contribution in [0, 0.1) is 0 Å². The normalized spacial score (nSPS) is 12.4. The van der Waals surface area contributed by atoms with Gasteiger partial charge in [-0.25, -0.2) is 0 Å². The fourth-order valence-electron chi connectivity index (χ4n) is 2.20. The first-order valence-corrected chi connectivity index (χ1v) is 8.21. The molecule has 2 rings (SSSR count). The van der Waals surface area contributed by atoms with Gasteiger partial charge < -0.3 is 23.7 Å². The van der Waals surface area contributed by atoms with Crippen LogP contribution in [-0.2, 0) is 18.9 Å². The molecule has 0 fully saturated rings. The van der Waals surface area contributed by atoms with Crippen LogP contribution in [0.2, 0.25) is 0 Å². The first kappa shape index (κ1) is 18.7. The number of benzene rings is 2. The van der Waals surface area contributed by atoms with Crippen molar-refractivity contribution in [3.05, 3.63) is 42.5 Å². The van der Waals surface area contributed by atoms with E-state index in [0.717, 1.165) is 11.1 Å². The molecule has 0 heterocycles. The Morgan fingerprint density at radius 2 is 1.46 bits per heavy atom. The van der Waals surface area contributed by atoms with E-state index in [-0.39, 0.29) is 6.29 Å². The average Bonchev–Trinajstić information content (AvgIpc) is 2.60. The van der Waals surface area contributed by atoms with E-state index in [1.54, 1.807) is 7.11 Å². The fourth-order valence-corrected chi connectivity index (χ4v) is 2.20. The van der Waals surface area contributed by atoms with Crippen molar-refractivity contribution in [1.29, 1.82) is 0 Å². The van der Waals surface area contributed by atoms with Gasteiger partial charge in [0, 0.05) is 7.11 Å². The van der Waals surface area contributed by atoms with Crippen molar-refractivity contribution in [2.24, 2.45) is 0 Å². The molecule has 0 aromatic heterocycles. The lowest BCUT2D eigenvalue weighted by atomic mass is 10.1. The zero-order valence-electron chi connectivity index (χ0n) is 14.4. The minimum absolute atomic E-state index is 0.326. The Hall–Kier alpha value is -1.66. The summed E-state index contributed by atoms with van der Waals surface area (Å²) in [7, 11) is 1.65. The molecule has 0 saturated heterocycles. The number of ether oxygens (including phenoxy) is 5. The second kappa shape index (κ2) is 11.0. The van der Waals surface area contributed by atoms with E-state index < -0.39 is 0 Å². The first-order valence-electron chi connectivity index (χ1n) is 8.21. The van der Waals surface area contributed by atoms with Gasteiger partial charge in [-0.1, -0.05) is 30.3 Å². The molecule has 132 valence electrons. The summed E-state index contributed by atoms with van der Waals surface area (Å²) in [5.41, 5.74) is 0. The maximum Gasteiger partial charge on any atom is 0.197 e. The van der Waals surface area contributed by atoms with Crippen LogP contribution in [-0.4, -0.2) is 53.0 Å². The summed E-state index contributed by atoms with van der Waals surface area (Å²) in [6.45, 7) is 5.17. The summed E-state index contributed by atoms with van der Waals surface area (Å²) in [4.78, 5) is 0. The number of rotatable bonds is 12. The lowest BCUT2D eigenvalue weighted by Crippen LogP contribution is -2.19. The van der Waals surface area contributed by atoms with Crippen LogP contribution in [0.15, 0.2) is 42.5 Å². The predicted molar refractivity (Wildman–Crippen MR) is 93.5 cm³/mol. The van der Waals surface area contributed by atoms with Crippen molar-refractivity contribution in [2.75, 3.05) is 46.8 Å². The van der Waals surface area contributed by atoms with Crippen molar-refractivity contribution in [3.8, 4) is 5.75 Å². The summed E-state index contributed by atoms with van der Waals surface area (Å²) >= 11 is 0. The molecule has 0 aliphatic carbocycles. The number of methoxy groups -OCH3 is 1. The summed E-state index contributed by atoms with van der Waals surface area (Å²) in [5, 5.41) is 2.35. The molecular formula is C19H26O5. The Morgan fingerprint density at radius 1 is 0.792 bits per heavy atom.